The van der Waals surface area contributed by atoms with Crippen LogP contribution in [0.15, 0.2) is 54.6 Å². The molecule has 2 aromatic carbocycles. The summed E-state index contributed by atoms with van der Waals surface area (Å²) in [5.74, 6) is -1.51. The molecule has 21 heavy (non-hydrogen) atoms. The van der Waals surface area contributed by atoms with Gasteiger partial charge < -0.3 is 11.1 Å². The van der Waals surface area contributed by atoms with Crippen LogP contribution in [0.4, 0.5) is 4.39 Å². The van der Waals surface area contributed by atoms with Crippen molar-refractivity contribution in [3.8, 4) is 0 Å². The van der Waals surface area contributed by atoms with Gasteiger partial charge in [-0.1, -0.05) is 30.3 Å². The van der Waals surface area contributed by atoms with Gasteiger partial charge in [-0.3, -0.25) is 9.59 Å². The average Bonchev–Trinajstić information content (AvgIpc) is 2.48. The van der Waals surface area contributed by atoms with Crippen molar-refractivity contribution in [2.24, 2.45) is 5.73 Å². The lowest BCUT2D eigenvalue weighted by Crippen LogP contribution is -2.45. The van der Waals surface area contributed by atoms with Crippen LogP contribution >= 0.6 is 0 Å². The minimum atomic E-state index is -0.815. The minimum Gasteiger partial charge on any atom is -0.368 e. The highest BCUT2D eigenvalue weighted by atomic mass is 19.1. The molecular formula is C16H15FN2O2. The summed E-state index contributed by atoms with van der Waals surface area (Å²) in [6.07, 6.45) is 0.309. The number of carbonyl (C=O) groups excluding carboxylic acids is 2. The van der Waals surface area contributed by atoms with E-state index in [0.29, 0.717) is 6.42 Å². The van der Waals surface area contributed by atoms with Crippen molar-refractivity contribution < 1.29 is 14.0 Å². The third-order valence-electron chi connectivity index (χ3n) is 3.04. The number of primary amides is 1. The van der Waals surface area contributed by atoms with Gasteiger partial charge in [0.05, 0.1) is 0 Å². The number of rotatable bonds is 5. The first-order valence-electron chi connectivity index (χ1n) is 6.46. The van der Waals surface area contributed by atoms with Crippen molar-refractivity contribution in [1.82, 2.24) is 5.32 Å². The zero-order chi connectivity index (χ0) is 15.2. The van der Waals surface area contributed by atoms with Gasteiger partial charge in [0.1, 0.15) is 11.9 Å². The summed E-state index contributed by atoms with van der Waals surface area (Å²) in [4.78, 5) is 23.5. The average molecular weight is 286 g/mol. The lowest BCUT2D eigenvalue weighted by Gasteiger charge is -2.15. The van der Waals surface area contributed by atoms with Gasteiger partial charge in [0.25, 0.3) is 5.91 Å². The predicted octanol–water partition coefficient (Wildman–Crippen LogP) is 1.65. The molecule has 0 aliphatic carbocycles. The minimum absolute atomic E-state index is 0.274. The van der Waals surface area contributed by atoms with Gasteiger partial charge in [0.15, 0.2) is 0 Å². The fourth-order valence-electron chi connectivity index (χ4n) is 1.92. The molecule has 0 spiro atoms. The number of amides is 2. The molecule has 4 nitrogen and oxygen atoms in total. The van der Waals surface area contributed by atoms with E-state index in [1.807, 2.05) is 30.3 Å². The Hall–Kier alpha value is -2.69. The van der Waals surface area contributed by atoms with E-state index in [2.05, 4.69) is 5.32 Å². The van der Waals surface area contributed by atoms with E-state index < -0.39 is 23.7 Å². The van der Waals surface area contributed by atoms with Crippen molar-refractivity contribution >= 4 is 11.8 Å². The van der Waals surface area contributed by atoms with Gasteiger partial charge in [0, 0.05) is 12.0 Å². The van der Waals surface area contributed by atoms with Gasteiger partial charge in [-0.15, -0.1) is 0 Å². The van der Waals surface area contributed by atoms with Crippen molar-refractivity contribution in [1.29, 1.82) is 0 Å². The van der Waals surface area contributed by atoms with Crippen LogP contribution in [0.3, 0.4) is 0 Å². The molecule has 1 atom stereocenters. The second-order valence-corrected chi connectivity index (χ2v) is 4.63. The molecule has 0 fully saturated rings. The standard InChI is InChI=1S/C16H15FN2O2/c17-13-8-6-12(7-9-13)16(21)19-14(15(18)20)10-11-4-2-1-3-5-11/h1-9,14H,10H2,(H2,18,20)(H,19,21)/t14-/m0/s1. The first-order valence-corrected chi connectivity index (χ1v) is 6.46. The summed E-state index contributed by atoms with van der Waals surface area (Å²) < 4.78 is 12.8. The van der Waals surface area contributed by atoms with E-state index in [4.69, 9.17) is 5.73 Å². The topological polar surface area (TPSA) is 72.2 Å². The number of hydrogen-bond donors (Lipinski definition) is 2. The predicted molar refractivity (Wildman–Crippen MR) is 77.0 cm³/mol. The van der Waals surface area contributed by atoms with E-state index in [1.165, 1.54) is 24.3 Å². The summed E-state index contributed by atoms with van der Waals surface area (Å²) in [7, 11) is 0. The molecular weight excluding hydrogens is 271 g/mol. The van der Waals surface area contributed by atoms with E-state index in [9.17, 15) is 14.0 Å². The highest BCUT2D eigenvalue weighted by Crippen LogP contribution is 2.06. The molecule has 0 aliphatic heterocycles. The highest BCUT2D eigenvalue weighted by Gasteiger charge is 2.19. The first kappa shape index (κ1) is 14.7. The van der Waals surface area contributed by atoms with Crippen molar-refractivity contribution in [2.45, 2.75) is 12.5 Å². The van der Waals surface area contributed by atoms with Crippen LogP contribution in [0, 0.1) is 5.82 Å². The third-order valence-corrected chi connectivity index (χ3v) is 3.04. The van der Waals surface area contributed by atoms with Gasteiger partial charge in [-0.05, 0) is 29.8 Å². The Balaban J connectivity index is 2.07. The molecule has 0 saturated heterocycles. The molecule has 108 valence electrons. The molecule has 2 amide bonds. The van der Waals surface area contributed by atoms with Gasteiger partial charge in [-0.2, -0.15) is 0 Å². The summed E-state index contributed by atoms with van der Waals surface area (Å²) in [5, 5.41) is 2.56. The van der Waals surface area contributed by atoms with Crippen LogP contribution in [0.25, 0.3) is 0 Å². The molecule has 0 radical (unpaired) electrons. The molecule has 3 N–H and O–H groups in total. The normalized spacial score (nSPS) is 11.7. The van der Waals surface area contributed by atoms with Crippen molar-refractivity contribution in [3.63, 3.8) is 0 Å². The Morgan fingerprint density at radius 1 is 1.05 bits per heavy atom. The Bertz CT molecular complexity index is 626. The number of carbonyl (C=O) groups is 2. The van der Waals surface area contributed by atoms with Crippen molar-refractivity contribution in [2.75, 3.05) is 0 Å². The maximum absolute atomic E-state index is 12.8. The smallest absolute Gasteiger partial charge is 0.251 e. The van der Waals surface area contributed by atoms with Crippen LogP contribution in [-0.2, 0) is 11.2 Å². The molecule has 0 aliphatic rings. The van der Waals surface area contributed by atoms with Crippen LogP contribution in [0.5, 0.6) is 0 Å². The Kier molecular flexibility index (Phi) is 4.66. The van der Waals surface area contributed by atoms with Crippen LogP contribution in [0.1, 0.15) is 15.9 Å². The van der Waals surface area contributed by atoms with E-state index in [1.54, 1.807) is 0 Å². The Morgan fingerprint density at radius 2 is 1.67 bits per heavy atom. The second kappa shape index (κ2) is 6.65. The third kappa shape index (κ3) is 4.14. The van der Waals surface area contributed by atoms with E-state index >= 15 is 0 Å². The number of halogens is 1. The molecule has 0 saturated carbocycles. The monoisotopic (exact) mass is 286 g/mol. The Labute approximate surface area is 121 Å². The fraction of sp³-hybridized carbons (Fsp3) is 0.125. The Morgan fingerprint density at radius 3 is 2.24 bits per heavy atom. The lowest BCUT2D eigenvalue weighted by molar-refractivity contribution is -0.119. The van der Waals surface area contributed by atoms with Gasteiger partial charge in [-0.25, -0.2) is 4.39 Å². The number of hydrogen-bond acceptors (Lipinski definition) is 2. The fourth-order valence-corrected chi connectivity index (χ4v) is 1.92. The highest BCUT2D eigenvalue weighted by molar-refractivity contribution is 5.97. The molecule has 0 unspecified atom stereocenters. The number of nitrogens with two attached hydrogens (primary N) is 1. The van der Waals surface area contributed by atoms with Gasteiger partial charge in [0.2, 0.25) is 5.91 Å². The van der Waals surface area contributed by atoms with E-state index in [-0.39, 0.29) is 5.56 Å². The molecule has 0 aromatic heterocycles. The number of nitrogens with one attached hydrogen (secondary N) is 1. The summed E-state index contributed by atoms with van der Waals surface area (Å²) in [6, 6.07) is 13.5. The maximum atomic E-state index is 12.8. The lowest BCUT2D eigenvalue weighted by atomic mass is 10.0. The summed E-state index contributed by atoms with van der Waals surface area (Å²) >= 11 is 0. The molecule has 2 aromatic rings. The first-order chi connectivity index (χ1) is 10.1. The molecule has 5 heteroatoms. The van der Waals surface area contributed by atoms with Gasteiger partial charge >= 0.3 is 0 Å². The molecule has 2 rings (SSSR count). The van der Waals surface area contributed by atoms with Crippen molar-refractivity contribution in [3.05, 3.63) is 71.5 Å². The zero-order valence-electron chi connectivity index (χ0n) is 11.3. The molecule has 0 heterocycles. The SMILES string of the molecule is NC(=O)[C@H](Cc1ccccc1)NC(=O)c1ccc(F)cc1. The van der Waals surface area contributed by atoms with Crippen LogP contribution in [-0.4, -0.2) is 17.9 Å². The summed E-state index contributed by atoms with van der Waals surface area (Å²) in [5.41, 5.74) is 6.48. The summed E-state index contributed by atoms with van der Waals surface area (Å²) in [6.45, 7) is 0. The van der Waals surface area contributed by atoms with Crippen LogP contribution in [0.2, 0.25) is 0 Å². The largest absolute Gasteiger partial charge is 0.368 e. The zero-order valence-corrected chi connectivity index (χ0v) is 11.3. The quantitative estimate of drug-likeness (QED) is 0.877. The second-order valence-electron chi connectivity index (χ2n) is 4.63. The molecule has 0 bridgehead atoms. The van der Waals surface area contributed by atoms with E-state index in [0.717, 1.165) is 5.56 Å². The van der Waals surface area contributed by atoms with Crippen LogP contribution < -0.4 is 11.1 Å². The number of benzene rings is 2. The maximum Gasteiger partial charge on any atom is 0.251 e.